The predicted octanol–water partition coefficient (Wildman–Crippen LogP) is 5.34. The van der Waals surface area contributed by atoms with E-state index in [1.54, 1.807) is 37.4 Å². The Balaban J connectivity index is 1.50. The zero-order valence-corrected chi connectivity index (χ0v) is 18.8. The predicted molar refractivity (Wildman–Crippen MR) is 125 cm³/mol. The highest BCUT2D eigenvalue weighted by molar-refractivity contribution is 9.10. The quantitative estimate of drug-likeness (QED) is 0.538. The maximum absolute atomic E-state index is 13.3. The number of hydrogen-bond donors (Lipinski definition) is 1. The first-order valence-corrected chi connectivity index (χ1v) is 10.9. The SMILES string of the molecule is COc1ccc(C(=O)Nc2ccccc2C(=O)N2CCC(c3ccccc3)C2)cc1Br. The van der Waals surface area contributed by atoms with Gasteiger partial charge in [-0.3, -0.25) is 9.59 Å². The number of para-hydroxylation sites is 1. The molecular weight excluding hydrogens is 456 g/mol. The third-order valence-corrected chi connectivity index (χ3v) is 6.19. The molecule has 3 aromatic rings. The molecule has 0 aliphatic carbocycles. The van der Waals surface area contributed by atoms with Gasteiger partial charge in [0.25, 0.3) is 11.8 Å². The summed E-state index contributed by atoms with van der Waals surface area (Å²) in [7, 11) is 1.57. The molecule has 5 nitrogen and oxygen atoms in total. The molecule has 6 heteroatoms. The molecule has 1 heterocycles. The minimum Gasteiger partial charge on any atom is -0.496 e. The lowest BCUT2D eigenvalue weighted by molar-refractivity contribution is 0.0792. The molecule has 158 valence electrons. The summed E-state index contributed by atoms with van der Waals surface area (Å²) in [6.45, 7) is 1.38. The van der Waals surface area contributed by atoms with Gasteiger partial charge in [0, 0.05) is 24.6 Å². The Bertz CT molecular complexity index is 1100. The summed E-state index contributed by atoms with van der Waals surface area (Å²) >= 11 is 3.40. The van der Waals surface area contributed by atoms with E-state index in [9.17, 15) is 9.59 Å². The average molecular weight is 479 g/mol. The van der Waals surface area contributed by atoms with Crippen molar-refractivity contribution in [3.63, 3.8) is 0 Å². The molecule has 1 N–H and O–H groups in total. The van der Waals surface area contributed by atoms with Crippen molar-refractivity contribution in [2.24, 2.45) is 0 Å². The van der Waals surface area contributed by atoms with Crippen LogP contribution in [0.3, 0.4) is 0 Å². The minimum atomic E-state index is -0.285. The number of hydrogen-bond acceptors (Lipinski definition) is 3. The molecule has 0 bridgehead atoms. The number of halogens is 1. The molecule has 0 radical (unpaired) electrons. The van der Waals surface area contributed by atoms with Crippen LogP contribution in [0.1, 0.15) is 38.6 Å². The lowest BCUT2D eigenvalue weighted by atomic mass is 9.99. The van der Waals surface area contributed by atoms with Gasteiger partial charge >= 0.3 is 0 Å². The molecular formula is C25H23BrN2O3. The number of nitrogens with zero attached hydrogens (tertiary/aromatic N) is 1. The van der Waals surface area contributed by atoms with Crippen LogP contribution in [0.5, 0.6) is 5.75 Å². The first kappa shape index (κ1) is 21.1. The molecule has 1 unspecified atom stereocenters. The van der Waals surface area contributed by atoms with Crippen LogP contribution >= 0.6 is 15.9 Å². The van der Waals surface area contributed by atoms with Crippen LogP contribution in [0.15, 0.2) is 77.3 Å². The van der Waals surface area contributed by atoms with Crippen molar-refractivity contribution in [2.75, 3.05) is 25.5 Å². The second-order valence-electron chi connectivity index (χ2n) is 7.50. The molecule has 1 aliphatic rings. The van der Waals surface area contributed by atoms with E-state index in [4.69, 9.17) is 4.74 Å². The number of likely N-dealkylation sites (tertiary alicyclic amines) is 1. The number of carbonyl (C=O) groups excluding carboxylic acids is 2. The fourth-order valence-electron chi connectivity index (χ4n) is 3.89. The Morgan fingerprint density at radius 2 is 1.77 bits per heavy atom. The summed E-state index contributed by atoms with van der Waals surface area (Å²) in [5.74, 6) is 0.634. The van der Waals surface area contributed by atoms with Crippen molar-refractivity contribution < 1.29 is 14.3 Å². The van der Waals surface area contributed by atoms with Gasteiger partial charge in [-0.15, -0.1) is 0 Å². The van der Waals surface area contributed by atoms with Crippen LogP contribution in [0, 0.1) is 0 Å². The number of nitrogens with one attached hydrogen (secondary N) is 1. The van der Waals surface area contributed by atoms with E-state index in [2.05, 4.69) is 33.4 Å². The topological polar surface area (TPSA) is 58.6 Å². The fraction of sp³-hybridized carbons (Fsp3) is 0.200. The van der Waals surface area contributed by atoms with Crippen LogP contribution in [0.4, 0.5) is 5.69 Å². The van der Waals surface area contributed by atoms with Crippen LogP contribution in [-0.4, -0.2) is 36.9 Å². The van der Waals surface area contributed by atoms with E-state index in [-0.39, 0.29) is 11.8 Å². The molecule has 1 aliphatic heterocycles. The first-order valence-electron chi connectivity index (χ1n) is 10.1. The zero-order chi connectivity index (χ0) is 21.8. The number of benzene rings is 3. The van der Waals surface area contributed by atoms with Crippen LogP contribution in [-0.2, 0) is 0 Å². The summed E-state index contributed by atoms with van der Waals surface area (Å²) in [6.07, 6.45) is 0.935. The van der Waals surface area contributed by atoms with Gasteiger partial charge in [0.05, 0.1) is 22.8 Å². The van der Waals surface area contributed by atoms with E-state index < -0.39 is 0 Å². The van der Waals surface area contributed by atoms with Crippen molar-refractivity contribution in [3.8, 4) is 5.75 Å². The third-order valence-electron chi connectivity index (χ3n) is 5.57. The van der Waals surface area contributed by atoms with Gasteiger partial charge < -0.3 is 15.0 Å². The molecule has 1 fully saturated rings. The normalized spacial score (nSPS) is 15.5. The highest BCUT2D eigenvalue weighted by Gasteiger charge is 2.29. The molecule has 0 aromatic heterocycles. The Morgan fingerprint density at radius 1 is 1.03 bits per heavy atom. The van der Waals surface area contributed by atoms with Crippen LogP contribution in [0.2, 0.25) is 0 Å². The number of rotatable bonds is 5. The van der Waals surface area contributed by atoms with Gasteiger partial charge in [0.2, 0.25) is 0 Å². The summed E-state index contributed by atoms with van der Waals surface area (Å²) in [4.78, 5) is 27.9. The Hall–Kier alpha value is -3.12. The van der Waals surface area contributed by atoms with Gasteiger partial charge in [-0.25, -0.2) is 0 Å². The number of anilines is 1. The number of carbonyl (C=O) groups is 2. The van der Waals surface area contributed by atoms with Crippen LogP contribution in [0.25, 0.3) is 0 Å². The summed E-state index contributed by atoms with van der Waals surface area (Å²) in [5.41, 5.74) is 2.73. The van der Waals surface area contributed by atoms with E-state index in [1.165, 1.54) is 5.56 Å². The standard InChI is InChI=1S/C25H23BrN2O3/c1-31-23-12-11-18(15-21(23)26)24(29)27-22-10-6-5-9-20(22)25(30)28-14-13-19(16-28)17-7-3-2-4-8-17/h2-12,15,19H,13-14,16H2,1H3,(H,27,29). The number of methoxy groups -OCH3 is 1. The van der Waals surface area contributed by atoms with Gasteiger partial charge in [-0.1, -0.05) is 42.5 Å². The van der Waals surface area contributed by atoms with E-state index in [0.717, 1.165) is 6.42 Å². The average Bonchev–Trinajstić information content (AvgIpc) is 3.30. The lowest BCUT2D eigenvalue weighted by Gasteiger charge is -2.19. The minimum absolute atomic E-state index is 0.0646. The van der Waals surface area contributed by atoms with E-state index >= 15 is 0 Å². The second-order valence-corrected chi connectivity index (χ2v) is 8.35. The van der Waals surface area contributed by atoms with Crippen molar-refractivity contribution in [1.82, 2.24) is 4.90 Å². The molecule has 3 aromatic carbocycles. The fourth-order valence-corrected chi connectivity index (χ4v) is 4.43. The molecule has 2 amide bonds. The van der Waals surface area contributed by atoms with Gasteiger partial charge in [0.15, 0.2) is 0 Å². The first-order chi connectivity index (χ1) is 15.1. The summed E-state index contributed by atoms with van der Waals surface area (Å²) < 4.78 is 5.91. The lowest BCUT2D eigenvalue weighted by Crippen LogP contribution is -2.29. The maximum atomic E-state index is 13.3. The molecule has 4 rings (SSSR count). The molecule has 0 spiro atoms. The monoisotopic (exact) mass is 478 g/mol. The maximum Gasteiger partial charge on any atom is 0.255 e. The third kappa shape index (κ3) is 4.64. The number of amides is 2. The Labute approximate surface area is 190 Å². The largest absolute Gasteiger partial charge is 0.496 e. The highest BCUT2D eigenvalue weighted by Crippen LogP contribution is 2.30. The van der Waals surface area contributed by atoms with Crippen LogP contribution < -0.4 is 10.1 Å². The van der Waals surface area contributed by atoms with Crippen molar-refractivity contribution in [3.05, 3.63) is 94.0 Å². The molecule has 1 saturated heterocycles. The molecule has 31 heavy (non-hydrogen) atoms. The van der Waals surface area contributed by atoms with Crippen molar-refractivity contribution in [1.29, 1.82) is 0 Å². The molecule has 1 atom stereocenters. The van der Waals surface area contributed by atoms with Gasteiger partial charge in [0.1, 0.15) is 5.75 Å². The second kappa shape index (κ2) is 9.35. The zero-order valence-electron chi connectivity index (χ0n) is 17.2. The summed E-state index contributed by atoms with van der Waals surface area (Å²) in [5, 5.41) is 2.89. The number of ether oxygens (including phenoxy) is 1. The van der Waals surface area contributed by atoms with E-state index in [0.29, 0.717) is 46.0 Å². The van der Waals surface area contributed by atoms with Gasteiger partial charge in [-0.05, 0) is 58.2 Å². The Kier molecular flexibility index (Phi) is 6.37. The van der Waals surface area contributed by atoms with Crippen molar-refractivity contribution >= 4 is 33.4 Å². The van der Waals surface area contributed by atoms with Gasteiger partial charge in [-0.2, -0.15) is 0 Å². The Morgan fingerprint density at radius 3 is 2.52 bits per heavy atom. The highest BCUT2D eigenvalue weighted by atomic mass is 79.9. The molecule has 0 saturated carbocycles. The smallest absolute Gasteiger partial charge is 0.255 e. The van der Waals surface area contributed by atoms with E-state index in [1.807, 2.05) is 35.2 Å². The summed E-state index contributed by atoms with van der Waals surface area (Å²) in [6, 6.07) is 22.5. The van der Waals surface area contributed by atoms with Crippen molar-refractivity contribution in [2.45, 2.75) is 12.3 Å².